The van der Waals surface area contributed by atoms with Gasteiger partial charge in [-0.05, 0) is 18.2 Å². The van der Waals surface area contributed by atoms with Crippen LogP contribution in [0.4, 0.5) is 4.39 Å². The van der Waals surface area contributed by atoms with Gasteiger partial charge < -0.3 is 5.32 Å². The van der Waals surface area contributed by atoms with Crippen molar-refractivity contribution in [3.05, 3.63) is 71.8 Å². The molecule has 3 aromatic rings. The molecule has 3 rings (SSSR count). The molecule has 0 aliphatic heterocycles. The zero-order valence-electron chi connectivity index (χ0n) is 10.6. The molecule has 0 saturated heterocycles. The molecule has 0 aliphatic rings. The third-order valence-corrected chi connectivity index (χ3v) is 3.07. The van der Waals surface area contributed by atoms with Crippen LogP contribution in [0.3, 0.4) is 0 Å². The molecular weight excluding hydrogens is 257 g/mol. The summed E-state index contributed by atoms with van der Waals surface area (Å²) in [6.07, 6.45) is 3.27. The fourth-order valence-corrected chi connectivity index (χ4v) is 2.02. The summed E-state index contributed by atoms with van der Waals surface area (Å²) in [6, 6.07) is 11.9. The number of nitrogens with one attached hydrogen (secondary N) is 1. The lowest BCUT2D eigenvalue weighted by atomic mass is 10.2. The minimum atomic E-state index is -0.326. The SMILES string of the molecule is O=C(NCc1ccccc1F)c1cnn2ccccc12. The maximum atomic E-state index is 13.5. The van der Waals surface area contributed by atoms with E-state index in [0.29, 0.717) is 11.1 Å². The average Bonchev–Trinajstić information content (AvgIpc) is 2.90. The van der Waals surface area contributed by atoms with Crippen LogP contribution in [0.5, 0.6) is 0 Å². The predicted molar refractivity (Wildman–Crippen MR) is 72.8 cm³/mol. The van der Waals surface area contributed by atoms with Crippen molar-refractivity contribution in [2.75, 3.05) is 0 Å². The van der Waals surface area contributed by atoms with E-state index < -0.39 is 0 Å². The first-order chi connectivity index (χ1) is 9.75. The minimum Gasteiger partial charge on any atom is -0.348 e. The van der Waals surface area contributed by atoms with Crippen LogP contribution in [-0.2, 0) is 6.54 Å². The molecule has 0 aliphatic carbocycles. The average molecular weight is 269 g/mol. The smallest absolute Gasteiger partial charge is 0.255 e. The van der Waals surface area contributed by atoms with E-state index in [0.717, 1.165) is 5.52 Å². The molecule has 0 unspecified atom stereocenters. The number of pyridine rings is 1. The number of hydrogen-bond acceptors (Lipinski definition) is 2. The van der Waals surface area contributed by atoms with Crippen LogP contribution in [0.2, 0.25) is 0 Å². The lowest BCUT2D eigenvalue weighted by Gasteiger charge is -2.05. The van der Waals surface area contributed by atoms with Gasteiger partial charge in [-0.3, -0.25) is 4.79 Å². The Balaban J connectivity index is 1.79. The van der Waals surface area contributed by atoms with Crippen molar-refractivity contribution in [1.29, 1.82) is 0 Å². The van der Waals surface area contributed by atoms with Crippen molar-refractivity contribution in [1.82, 2.24) is 14.9 Å². The maximum absolute atomic E-state index is 13.5. The zero-order chi connectivity index (χ0) is 13.9. The van der Waals surface area contributed by atoms with Gasteiger partial charge in [0, 0.05) is 18.3 Å². The molecule has 0 bridgehead atoms. The van der Waals surface area contributed by atoms with Crippen LogP contribution >= 0.6 is 0 Å². The Morgan fingerprint density at radius 3 is 2.85 bits per heavy atom. The van der Waals surface area contributed by atoms with Crippen molar-refractivity contribution in [2.24, 2.45) is 0 Å². The standard InChI is InChI=1S/C15H12FN3O/c16-13-6-2-1-5-11(13)9-17-15(20)12-10-18-19-8-4-3-7-14(12)19/h1-8,10H,9H2,(H,17,20). The Hall–Kier alpha value is -2.69. The molecule has 5 heteroatoms. The summed E-state index contributed by atoms with van der Waals surface area (Å²) >= 11 is 0. The summed E-state index contributed by atoms with van der Waals surface area (Å²) < 4.78 is 15.1. The molecule has 0 radical (unpaired) electrons. The molecular formula is C15H12FN3O. The summed E-state index contributed by atoms with van der Waals surface area (Å²) in [5.41, 5.74) is 1.65. The van der Waals surface area contributed by atoms with Crippen LogP contribution in [0.15, 0.2) is 54.9 Å². The lowest BCUT2D eigenvalue weighted by Crippen LogP contribution is -2.23. The topological polar surface area (TPSA) is 46.4 Å². The number of carbonyl (C=O) groups excluding carboxylic acids is 1. The summed E-state index contributed by atoms with van der Waals surface area (Å²) in [5, 5.41) is 6.80. The summed E-state index contributed by atoms with van der Waals surface area (Å²) in [7, 11) is 0. The van der Waals surface area contributed by atoms with Crippen molar-refractivity contribution in [3.8, 4) is 0 Å². The van der Waals surface area contributed by atoms with Gasteiger partial charge in [-0.1, -0.05) is 24.3 Å². The van der Waals surface area contributed by atoms with E-state index in [-0.39, 0.29) is 18.3 Å². The Morgan fingerprint density at radius 1 is 1.20 bits per heavy atom. The Kier molecular flexibility index (Phi) is 3.16. The molecule has 4 nitrogen and oxygen atoms in total. The van der Waals surface area contributed by atoms with Crippen molar-refractivity contribution in [2.45, 2.75) is 6.54 Å². The molecule has 1 amide bonds. The van der Waals surface area contributed by atoms with Crippen molar-refractivity contribution >= 4 is 11.4 Å². The number of fused-ring (bicyclic) bond motifs is 1. The molecule has 1 aromatic carbocycles. The number of amides is 1. The molecule has 0 saturated carbocycles. The number of benzene rings is 1. The Morgan fingerprint density at radius 2 is 2.00 bits per heavy atom. The molecule has 2 aromatic heterocycles. The zero-order valence-corrected chi connectivity index (χ0v) is 10.6. The third-order valence-electron chi connectivity index (χ3n) is 3.07. The third kappa shape index (κ3) is 2.25. The fourth-order valence-electron chi connectivity index (χ4n) is 2.02. The molecule has 2 heterocycles. The van der Waals surface area contributed by atoms with Crippen LogP contribution in [0.25, 0.3) is 5.52 Å². The first-order valence-corrected chi connectivity index (χ1v) is 6.19. The second-order valence-corrected chi connectivity index (χ2v) is 4.36. The van der Waals surface area contributed by atoms with E-state index in [9.17, 15) is 9.18 Å². The highest BCUT2D eigenvalue weighted by Crippen LogP contribution is 2.11. The lowest BCUT2D eigenvalue weighted by molar-refractivity contribution is 0.0952. The summed E-state index contributed by atoms with van der Waals surface area (Å²) in [4.78, 5) is 12.1. The Labute approximate surface area is 114 Å². The van der Waals surface area contributed by atoms with E-state index in [4.69, 9.17) is 0 Å². The number of hydrogen-bond donors (Lipinski definition) is 1. The summed E-state index contributed by atoms with van der Waals surface area (Å²) in [5.74, 6) is -0.595. The van der Waals surface area contributed by atoms with E-state index in [1.165, 1.54) is 12.3 Å². The van der Waals surface area contributed by atoms with Gasteiger partial charge in [0.2, 0.25) is 0 Å². The van der Waals surface area contributed by atoms with Gasteiger partial charge in [0.1, 0.15) is 5.82 Å². The maximum Gasteiger partial charge on any atom is 0.255 e. The second kappa shape index (κ2) is 5.13. The Bertz CT molecular complexity index is 766. The number of aromatic nitrogens is 2. The monoisotopic (exact) mass is 269 g/mol. The van der Waals surface area contributed by atoms with Gasteiger partial charge in [0.05, 0.1) is 17.3 Å². The van der Waals surface area contributed by atoms with E-state index >= 15 is 0 Å². The highest BCUT2D eigenvalue weighted by Gasteiger charge is 2.12. The molecule has 0 spiro atoms. The first kappa shape index (κ1) is 12.3. The predicted octanol–water partition coefficient (Wildman–Crippen LogP) is 2.40. The summed E-state index contributed by atoms with van der Waals surface area (Å²) in [6.45, 7) is 0.148. The van der Waals surface area contributed by atoms with Gasteiger partial charge in [0.25, 0.3) is 5.91 Å². The number of carbonyl (C=O) groups is 1. The fraction of sp³-hybridized carbons (Fsp3) is 0.0667. The molecule has 0 atom stereocenters. The number of nitrogens with zero attached hydrogens (tertiary/aromatic N) is 2. The van der Waals surface area contributed by atoms with Crippen molar-refractivity contribution in [3.63, 3.8) is 0 Å². The van der Waals surface area contributed by atoms with E-state index in [2.05, 4.69) is 10.4 Å². The number of halogens is 1. The van der Waals surface area contributed by atoms with Crippen LogP contribution in [0, 0.1) is 5.82 Å². The normalized spacial score (nSPS) is 10.7. The van der Waals surface area contributed by atoms with Crippen LogP contribution in [-0.4, -0.2) is 15.5 Å². The van der Waals surface area contributed by atoms with Crippen LogP contribution < -0.4 is 5.32 Å². The number of rotatable bonds is 3. The van der Waals surface area contributed by atoms with Crippen LogP contribution in [0.1, 0.15) is 15.9 Å². The first-order valence-electron chi connectivity index (χ1n) is 6.19. The van der Waals surface area contributed by atoms with Gasteiger partial charge in [-0.2, -0.15) is 5.10 Å². The van der Waals surface area contributed by atoms with Gasteiger partial charge in [-0.15, -0.1) is 0 Å². The molecule has 1 N–H and O–H groups in total. The van der Waals surface area contributed by atoms with Gasteiger partial charge in [0.15, 0.2) is 0 Å². The van der Waals surface area contributed by atoms with E-state index in [1.807, 2.05) is 18.2 Å². The van der Waals surface area contributed by atoms with Crippen molar-refractivity contribution < 1.29 is 9.18 Å². The molecule has 0 fully saturated rings. The van der Waals surface area contributed by atoms with E-state index in [1.54, 1.807) is 28.9 Å². The highest BCUT2D eigenvalue weighted by molar-refractivity contribution is 6.00. The second-order valence-electron chi connectivity index (χ2n) is 4.36. The minimum absolute atomic E-state index is 0.148. The van der Waals surface area contributed by atoms with Gasteiger partial charge >= 0.3 is 0 Å². The molecule has 20 heavy (non-hydrogen) atoms. The highest BCUT2D eigenvalue weighted by atomic mass is 19.1. The van der Waals surface area contributed by atoms with Gasteiger partial charge in [-0.25, -0.2) is 8.91 Å². The molecule has 100 valence electrons. The quantitative estimate of drug-likeness (QED) is 0.793. The largest absolute Gasteiger partial charge is 0.348 e.